The molecule has 0 heterocycles. The molecule has 0 aliphatic carbocycles. The second-order valence-corrected chi connectivity index (χ2v) is 5.81. The highest BCUT2D eigenvalue weighted by Gasteiger charge is 1.96. The van der Waals surface area contributed by atoms with Gasteiger partial charge < -0.3 is 4.90 Å². The molecule has 23 heavy (non-hydrogen) atoms. The molecule has 3 aromatic carbocycles. The molecule has 0 saturated carbocycles. The van der Waals surface area contributed by atoms with Crippen LogP contribution in [0.2, 0.25) is 0 Å². The molecule has 0 radical (unpaired) electrons. The van der Waals surface area contributed by atoms with E-state index in [2.05, 4.69) is 104 Å². The summed E-state index contributed by atoms with van der Waals surface area (Å²) in [6.45, 7) is 0. The van der Waals surface area contributed by atoms with Crippen LogP contribution in [0.25, 0.3) is 23.3 Å². The van der Waals surface area contributed by atoms with Crippen LogP contribution >= 0.6 is 0 Å². The molecule has 0 aromatic heterocycles. The second-order valence-electron chi connectivity index (χ2n) is 5.81. The third kappa shape index (κ3) is 3.89. The van der Waals surface area contributed by atoms with Gasteiger partial charge in [-0.1, -0.05) is 78.9 Å². The Bertz CT molecular complexity index is 766. The maximum Gasteiger partial charge on any atom is 0.0361 e. The Morgan fingerprint density at radius 2 is 1.04 bits per heavy atom. The minimum atomic E-state index is 1.21. The van der Waals surface area contributed by atoms with E-state index < -0.39 is 0 Å². The monoisotopic (exact) mass is 299 g/mol. The van der Waals surface area contributed by atoms with Crippen molar-refractivity contribution in [3.05, 3.63) is 90.0 Å². The zero-order valence-corrected chi connectivity index (χ0v) is 13.6. The van der Waals surface area contributed by atoms with Gasteiger partial charge in [-0.25, -0.2) is 0 Å². The molecule has 0 bridgehead atoms. The Morgan fingerprint density at radius 3 is 1.57 bits per heavy atom. The highest BCUT2D eigenvalue weighted by Crippen LogP contribution is 2.20. The summed E-state index contributed by atoms with van der Waals surface area (Å²) < 4.78 is 0. The fourth-order valence-electron chi connectivity index (χ4n) is 2.49. The number of benzene rings is 3. The molecule has 1 nitrogen and oxygen atoms in total. The number of hydrogen-bond acceptors (Lipinski definition) is 1. The Labute approximate surface area is 138 Å². The predicted octanol–water partition coefficient (Wildman–Crippen LogP) is 5.59. The van der Waals surface area contributed by atoms with Crippen LogP contribution in [-0.2, 0) is 0 Å². The van der Waals surface area contributed by atoms with Gasteiger partial charge in [-0.05, 0) is 34.4 Å². The molecule has 3 aromatic rings. The van der Waals surface area contributed by atoms with Crippen LogP contribution in [0.15, 0.2) is 78.9 Å². The molecule has 0 spiro atoms. The summed E-state index contributed by atoms with van der Waals surface area (Å²) in [6.07, 6.45) is 4.30. The topological polar surface area (TPSA) is 3.24 Å². The molecule has 114 valence electrons. The summed E-state index contributed by atoms with van der Waals surface area (Å²) in [7, 11) is 4.11. The van der Waals surface area contributed by atoms with Gasteiger partial charge in [0.15, 0.2) is 0 Å². The van der Waals surface area contributed by atoms with Crippen LogP contribution < -0.4 is 4.90 Å². The molecule has 0 atom stereocenters. The van der Waals surface area contributed by atoms with Crippen LogP contribution in [0.4, 0.5) is 5.69 Å². The number of rotatable bonds is 4. The summed E-state index contributed by atoms with van der Waals surface area (Å²) >= 11 is 0. The fraction of sp³-hybridized carbons (Fsp3) is 0.0909. The van der Waals surface area contributed by atoms with E-state index in [-0.39, 0.29) is 0 Å². The van der Waals surface area contributed by atoms with Crippen LogP contribution in [0.1, 0.15) is 11.1 Å². The standard InChI is InChI=1S/C22H21N/c1-23(2)22-16-12-19(13-17-22)9-8-18-10-14-21(15-11-18)20-6-4-3-5-7-20/h3-17H,1-2H3. The van der Waals surface area contributed by atoms with E-state index >= 15 is 0 Å². The second kappa shape index (κ2) is 6.97. The first-order chi connectivity index (χ1) is 11.2. The first-order valence-electron chi connectivity index (χ1n) is 7.83. The first kappa shape index (κ1) is 15.1. The lowest BCUT2D eigenvalue weighted by Gasteiger charge is -2.11. The van der Waals surface area contributed by atoms with E-state index in [4.69, 9.17) is 0 Å². The van der Waals surface area contributed by atoms with Crippen molar-refractivity contribution >= 4 is 17.8 Å². The lowest BCUT2D eigenvalue weighted by atomic mass is 10.0. The van der Waals surface area contributed by atoms with Crippen molar-refractivity contribution in [2.45, 2.75) is 0 Å². The van der Waals surface area contributed by atoms with Gasteiger partial charge in [0.25, 0.3) is 0 Å². The molecule has 1 heteroatoms. The summed E-state index contributed by atoms with van der Waals surface area (Å²) in [5, 5.41) is 0. The van der Waals surface area contributed by atoms with Crippen LogP contribution in [-0.4, -0.2) is 14.1 Å². The molecule has 0 fully saturated rings. The highest BCUT2D eigenvalue weighted by atomic mass is 15.1. The minimum absolute atomic E-state index is 1.21. The molecule has 3 rings (SSSR count). The Balaban J connectivity index is 1.73. The van der Waals surface area contributed by atoms with Crippen molar-refractivity contribution in [3.63, 3.8) is 0 Å². The number of hydrogen-bond donors (Lipinski definition) is 0. The van der Waals surface area contributed by atoms with Crippen LogP contribution in [0.3, 0.4) is 0 Å². The minimum Gasteiger partial charge on any atom is -0.378 e. The van der Waals surface area contributed by atoms with Crippen molar-refractivity contribution in [1.82, 2.24) is 0 Å². The molecule has 0 aliphatic heterocycles. The average molecular weight is 299 g/mol. The Hall–Kier alpha value is -2.80. The summed E-state index contributed by atoms with van der Waals surface area (Å²) in [5.41, 5.74) is 6.14. The first-order valence-corrected chi connectivity index (χ1v) is 7.83. The van der Waals surface area contributed by atoms with Gasteiger partial charge in [0.05, 0.1) is 0 Å². The molecular weight excluding hydrogens is 278 g/mol. The molecule has 0 unspecified atom stereocenters. The van der Waals surface area contributed by atoms with Gasteiger partial charge in [-0.2, -0.15) is 0 Å². The molecule has 0 aliphatic rings. The van der Waals surface area contributed by atoms with E-state index in [9.17, 15) is 0 Å². The van der Waals surface area contributed by atoms with Crippen LogP contribution in [0, 0.1) is 0 Å². The van der Waals surface area contributed by atoms with Crippen molar-refractivity contribution in [3.8, 4) is 11.1 Å². The van der Waals surface area contributed by atoms with E-state index in [1.54, 1.807) is 0 Å². The van der Waals surface area contributed by atoms with Gasteiger partial charge in [0.1, 0.15) is 0 Å². The maximum atomic E-state index is 2.17. The lowest BCUT2D eigenvalue weighted by molar-refractivity contribution is 1.13. The van der Waals surface area contributed by atoms with E-state index in [1.807, 2.05) is 6.07 Å². The van der Waals surface area contributed by atoms with E-state index in [1.165, 1.54) is 27.9 Å². The van der Waals surface area contributed by atoms with Crippen molar-refractivity contribution in [2.75, 3.05) is 19.0 Å². The zero-order valence-electron chi connectivity index (χ0n) is 13.6. The molecule has 0 N–H and O–H groups in total. The smallest absolute Gasteiger partial charge is 0.0361 e. The van der Waals surface area contributed by atoms with E-state index in [0.717, 1.165) is 0 Å². The predicted molar refractivity (Wildman–Crippen MR) is 102 cm³/mol. The fourth-order valence-corrected chi connectivity index (χ4v) is 2.49. The van der Waals surface area contributed by atoms with Gasteiger partial charge >= 0.3 is 0 Å². The third-order valence-corrected chi connectivity index (χ3v) is 3.90. The third-order valence-electron chi connectivity index (χ3n) is 3.90. The maximum absolute atomic E-state index is 2.17. The number of nitrogens with zero attached hydrogens (tertiary/aromatic N) is 1. The average Bonchev–Trinajstić information content (AvgIpc) is 2.61. The van der Waals surface area contributed by atoms with E-state index in [0.29, 0.717) is 0 Å². The summed E-state index contributed by atoms with van der Waals surface area (Å²) in [5.74, 6) is 0. The van der Waals surface area contributed by atoms with Crippen molar-refractivity contribution in [2.24, 2.45) is 0 Å². The highest BCUT2D eigenvalue weighted by molar-refractivity contribution is 5.72. The van der Waals surface area contributed by atoms with Gasteiger partial charge in [0, 0.05) is 19.8 Å². The SMILES string of the molecule is CN(C)c1ccc(C=Cc2ccc(-c3ccccc3)cc2)cc1. The Morgan fingerprint density at radius 1 is 0.565 bits per heavy atom. The van der Waals surface area contributed by atoms with Gasteiger partial charge in [0.2, 0.25) is 0 Å². The normalized spacial score (nSPS) is 10.9. The molecule has 0 saturated heterocycles. The zero-order chi connectivity index (χ0) is 16.1. The van der Waals surface area contributed by atoms with Gasteiger partial charge in [-0.3, -0.25) is 0 Å². The summed E-state index contributed by atoms with van der Waals surface area (Å²) in [4.78, 5) is 2.11. The van der Waals surface area contributed by atoms with Crippen molar-refractivity contribution in [1.29, 1.82) is 0 Å². The largest absolute Gasteiger partial charge is 0.378 e. The quantitative estimate of drug-likeness (QED) is 0.568. The Kier molecular flexibility index (Phi) is 4.58. The molecule has 0 amide bonds. The lowest BCUT2D eigenvalue weighted by Crippen LogP contribution is -2.07. The van der Waals surface area contributed by atoms with Gasteiger partial charge in [-0.15, -0.1) is 0 Å². The van der Waals surface area contributed by atoms with Crippen LogP contribution in [0.5, 0.6) is 0 Å². The summed E-state index contributed by atoms with van der Waals surface area (Å²) in [6, 6.07) is 27.7. The van der Waals surface area contributed by atoms with Crippen molar-refractivity contribution < 1.29 is 0 Å². The molecular formula is C22H21N. The number of anilines is 1.